The molecule has 2 N–H and O–H groups in total. The molecule has 1 fully saturated rings. The predicted molar refractivity (Wildman–Crippen MR) is 108 cm³/mol. The number of benzene rings is 1. The average molecular weight is 410 g/mol. The molecule has 8 heteroatoms. The van der Waals surface area contributed by atoms with Crippen LogP contribution in [0.4, 0.5) is 5.69 Å². The molecule has 0 bridgehead atoms. The summed E-state index contributed by atoms with van der Waals surface area (Å²) < 4.78 is 11.3. The number of nitrogens with zero attached hydrogens (tertiary/aromatic N) is 1. The maximum atomic E-state index is 12.5. The quantitative estimate of drug-likeness (QED) is 0.781. The van der Waals surface area contributed by atoms with Gasteiger partial charge >= 0.3 is 0 Å². The third-order valence-electron chi connectivity index (χ3n) is 4.94. The van der Waals surface area contributed by atoms with Gasteiger partial charge in [-0.25, -0.2) is 0 Å². The Balaban J connectivity index is 1.50. The molecule has 1 saturated heterocycles. The van der Waals surface area contributed by atoms with Gasteiger partial charge in [0.25, 0.3) is 0 Å². The number of hydrogen-bond donors (Lipinski definition) is 2. The van der Waals surface area contributed by atoms with Crippen molar-refractivity contribution in [2.45, 2.75) is 39.2 Å². The molecule has 0 saturated carbocycles. The average Bonchev–Trinajstić information content (AvgIpc) is 2.88. The highest BCUT2D eigenvalue weighted by atomic mass is 35.5. The number of carbonyl (C=O) groups is 2. The van der Waals surface area contributed by atoms with Crippen LogP contribution in [-0.2, 0) is 9.59 Å². The first-order valence-corrected chi connectivity index (χ1v) is 10.2. The van der Waals surface area contributed by atoms with Crippen molar-refractivity contribution in [1.29, 1.82) is 0 Å². The lowest BCUT2D eigenvalue weighted by molar-refractivity contribution is -0.125. The largest absolute Gasteiger partial charge is 0.490 e. The summed E-state index contributed by atoms with van der Waals surface area (Å²) in [7, 11) is 0. The summed E-state index contributed by atoms with van der Waals surface area (Å²) in [5.41, 5.74) is 0.523. The minimum absolute atomic E-state index is 0.0103. The molecule has 0 radical (unpaired) electrons. The van der Waals surface area contributed by atoms with Crippen LogP contribution in [-0.4, -0.2) is 55.6 Å². The van der Waals surface area contributed by atoms with Crippen LogP contribution in [0.2, 0.25) is 5.02 Å². The van der Waals surface area contributed by atoms with Gasteiger partial charge in [-0.15, -0.1) is 0 Å². The lowest BCUT2D eigenvalue weighted by Gasteiger charge is -2.32. The minimum Gasteiger partial charge on any atom is -0.490 e. The molecule has 1 aromatic rings. The zero-order chi connectivity index (χ0) is 20.1. The zero-order valence-corrected chi connectivity index (χ0v) is 17.2. The van der Waals surface area contributed by atoms with Gasteiger partial charge in [0.05, 0.1) is 30.5 Å². The van der Waals surface area contributed by atoms with E-state index in [1.165, 1.54) is 0 Å². The molecule has 0 aromatic heterocycles. The topological polar surface area (TPSA) is 79.9 Å². The van der Waals surface area contributed by atoms with Gasteiger partial charge in [-0.2, -0.15) is 0 Å². The van der Waals surface area contributed by atoms with Crippen LogP contribution < -0.4 is 20.1 Å². The lowest BCUT2D eigenvalue weighted by Crippen LogP contribution is -2.47. The number of anilines is 1. The predicted octanol–water partition coefficient (Wildman–Crippen LogP) is 2.68. The molecule has 2 heterocycles. The molecule has 7 nitrogen and oxygen atoms in total. The number of fused-ring (bicyclic) bond motifs is 1. The van der Waals surface area contributed by atoms with E-state index in [0.717, 1.165) is 32.4 Å². The Labute approximate surface area is 170 Å². The highest BCUT2D eigenvalue weighted by molar-refractivity contribution is 6.34. The number of rotatable bonds is 5. The zero-order valence-electron chi connectivity index (χ0n) is 16.4. The molecule has 154 valence electrons. The number of piperidine rings is 1. The van der Waals surface area contributed by atoms with E-state index in [-0.39, 0.29) is 30.3 Å². The monoisotopic (exact) mass is 409 g/mol. The Hall–Kier alpha value is -1.99. The van der Waals surface area contributed by atoms with E-state index in [1.54, 1.807) is 12.1 Å². The van der Waals surface area contributed by atoms with E-state index in [9.17, 15) is 9.59 Å². The molecule has 0 aliphatic carbocycles. The van der Waals surface area contributed by atoms with Crippen LogP contribution in [0.25, 0.3) is 0 Å². The number of ether oxygens (including phenoxy) is 2. The van der Waals surface area contributed by atoms with Gasteiger partial charge in [0.2, 0.25) is 11.8 Å². The van der Waals surface area contributed by atoms with Gasteiger partial charge in [0.15, 0.2) is 11.5 Å². The van der Waals surface area contributed by atoms with E-state index in [1.807, 2.05) is 13.8 Å². The Kier molecular flexibility index (Phi) is 7.02. The van der Waals surface area contributed by atoms with E-state index in [4.69, 9.17) is 21.1 Å². The number of nitrogens with one attached hydrogen (secondary N) is 2. The summed E-state index contributed by atoms with van der Waals surface area (Å²) in [6.45, 7) is 6.76. The second-order valence-corrected chi connectivity index (χ2v) is 8.00. The van der Waals surface area contributed by atoms with Crippen LogP contribution >= 0.6 is 11.6 Å². The minimum atomic E-state index is -0.124. The van der Waals surface area contributed by atoms with E-state index >= 15 is 0 Å². The van der Waals surface area contributed by atoms with Crippen molar-refractivity contribution in [2.24, 2.45) is 5.92 Å². The SMILES string of the molecule is CC(C)C(=O)NC1CCN(CC(=O)Nc2cc3c(cc2Cl)OCCCO3)CC1. The van der Waals surface area contributed by atoms with Gasteiger partial charge in [-0.3, -0.25) is 14.5 Å². The normalized spacial score (nSPS) is 17.9. The third-order valence-corrected chi connectivity index (χ3v) is 5.25. The summed E-state index contributed by atoms with van der Waals surface area (Å²) >= 11 is 6.29. The summed E-state index contributed by atoms with van der Waals surface area (Å²) in [4.78, 5) is 26.4. The molecular weight excluding hydrogens is 382 g/mol. The second kappa shape index (κ2) is 9.47. The molecule has 0 atom stereocenters. The van der Waals surface area contributed by atoms with Crippen molar-refractivity contribution in [3.8, 4) is 11.5 Å². The van der Waals surface area contributed by atoms with Crippen LogP contribution in [0.3, 0.4) is 0 Å². The van der Waals surface area contributed by atoms with Gasteiger partial charge < -0.3 is 20.1 Å². The van der Waals surface area contributed by atoms with Crippen LogP contribution in [0, 0.1) is 5.92 Å². The molecule has 0 spiro atoms. The maximum absolute atomic E-state index is 12.5. The number of likely N-dealkylation sites (tertiary alicyclic amines) is 1. The lowest BCUT2D eigenvalue weighted by atomic mass is 10.0. The number of halogens is 1. The van der Waals surface area contributed by atoms with Crippen molar-refractivity contribution in [1.82, 2.24) is 10.2 Å². The van der Waals surface area contributed by atoms with Crippen molar-refractivity contribution in [3.05, 3.63) is 17.2 Å². The standard InChI is InChI=1S/C20H28ClN3O4/c1-13(2)20(26)22-14-4-6-24(7-5-14)12-19(25)23-16-11-18-17(10-15(16)21)27-8-3-9-28-18/h10-11,13-14H,3-9,12H2,1-2H3,(H,22,26)(H,23,25). The van der Waals surface area contributed by atoms with Crippen molar-refractivity contribution in [3.63, 3.8) is 0 Å². The maximum Gasteiger partial charge on any atom is 0.238 e. The molecule has 28 heavy (non-hydrogen) atoms. The summed E-state index contributed by atoms with van der Waals surface area (Å²) in [6, 6.07) is 3.58. The van der Waals surface area contributed by atoms with Gasteiger partial charge in [-0.05, 0) is 12.8 Å². The van der Waals surface area contributed by atoms with E-state index < -0.39 is 0 Å². The van der Waals surface area contributed by atoms with Gasteiger partial charge in [-0.1, -0.05) is 25.4 Å². The molecule has 3 rings (SSSR count). The Morgan fingerprint density at radius 1 is 1.18 bits per heavy atom. The number of amides is 2. The van der Waals surface area contributed by atoms with Crippen LogP contribution in [0.15, 0.2) is 12.1 Å². The smallest absolute Gasteiger partial charge is 0.238 e. The van der Waals surface area contributed by atoms with Crippen LogP contribution in [0.5, 0.6) is 11.5 Å². The number of hydrogen-bond acceptors (Lipinski definition) is 5. The van der Waals surface area contributed by atoms with Crippen molar-refractivity contribution >= 4 is 29.1 Å². The first kappa shape index (κ1) is 20.7. The van der Waals surface area contributed by atoms with E-state index in [0.29, 0.717) is 35.4 Å². The van der Waals surface area contributed by atoms with Crippen molar-refractivity contribution < 1.29 is 19.1 Å². The van der Waals surface area contributed by atoms with Crippen LogP contribution in [0.1, 0.15) is 33.1 Å². The Bertz CT molecular complexity index is 718. The summed E-state index contributed by atoms with van der Waals surface area (Å²) in [5, 5.41) is 6.36. The van der Waals surface area contributed by atoms with E-state index in [2.05, 4.69) is 15.5 Å². The molecular formula is C20H28ClN3O4. The molecule has 0 unspecified atom stereocenters. The highest BCUT2D eigenvalue weighted by Gasteiger charge is 2.23. The summed E-state index contributed by atoms with van der Waals surface area (Å²) in [6.07, 6.45) is 2.49. The fourth-order valence-electron chi connectivity index (χ4n) is 3.28. The number of carbonyl (C=O) groups excluding carboxylic acids is 2. The molecule has 2 aliphatic rings. The molecule has 2 amide bonds. The molecule has 2 aliphatic heterocycles. The Morgan fingerprint density at radius 2 is 1.82 bits per heavy atom. The van der Waals surface area contributed by atoms with Crippen molar-refractivity contribution in [2.75, 3.05) is 38.2 Å². The highest BCUT2D eigenvalue weighted by Crippen LogP contribution is 2.37. The van der Waals surface area contributed by atoms with Gasteiger partial charge in [0.1, 0.15) is 0 Å². The summed E-state index contributed by atoms with van der Waals surface area (Å²) in [5.74, 6) is 1.15. The second-order valence-electron chi connectivity index (χ2n) is 7.59. The first-order chi connectivity index (χ1) is 13.4. The Morgan fingerprint density at radius 3 is 2.46 bits per heavy atom. The first-order valence-electron chi connectivity index (χ1n) is 9.84. The third kappa shape index (κ3) is 5.52. The fourth-order valence-corrected chi connectivity index (χ4v) is 3.48. The van der Waals surface area contributed by atoms with Gasteiger partial charge in [0, 0.05) is 43.6 Å². The molecule has 1 aromatic carbocycles. The fraction of sp³-hybridized carbons (Fsp3) is 0.600.